The fourth-order valence-corrected chi connectivity index (χ4v) is 7.61. The lowest BCUT2D eigenvalue weighted by Gasteiger charge is -2.29. The predicted molar refractivity (Wildman–Crippen MR) is 137 cm³/mol. The van der Waals surface area contributed by atoms with Gasteiger partial charge in [0.05, 0.1) is 22.9 Å². The largest absolute Gasteiger partial charge is 0.508 e. The Hall–Kier alpha value is -2.87. The second kappa shape index (κ2) is 9.54. The van der Waals surface area contributed by atoms with Gasteiger partial charge in [-0.3, -0.25) is 4.79 Å². The first-order valence-electron chi connectivity index (χ1n) is 12.7. The van der Waals surface area contributed by atoms with Gasteiger partial charge in [0.1, 0.15) is 21.4 Å². The standard InChI is InChI=1S/C28H32FNO5S/c1-17-14-21(6-8-25(17)29)30-26-9-7-22(31)16-23(26)24(15-18-2-4-20(5-3-18)28(32)33)27(30)19-10-12-36(34,35)13-11-19/h6-9,14,16,18-20,31H,2-5,10-13,15H2,1H3,(H,32,33)/t18-,20-. The van der Waals surface area contributed by atoms with Crippen molar-refractivity contribution in [1.82, 2.24) is 4.57 Å². The zero-order valence-corrected chi connectivity index (χ0v) is 21.2. The van der Waals surface area contributed by atoms with Crippen molar-refractivity contribution >= 4 is 26.7 Å². The molecule has 0 atom stereocenters. The van der Waals surface area contributed by atoms with Crippen LogP contribution in [-0.4, -0.2) is 40.7 Å². The summed E-state index contributed by atoms with van der Waals surface area (Å²) in [5, 5.41) is 20.7. The number of aromatic hydroxyl groups is 1. The van der Waals surface area contributed by atoms with E-state index in [1.165, 1.54) is 6.07 Å². The third kappa shape index (κ3) is 4.75. The number of hydrogen-bond donors (Lipinski definition) is 2. The van der Waals surface area contributed by atoms with E-state index < -0.39 is 15.8 Å². The average Bonchev–Trinajstić information content (AvgIpc) is 3.14. The highest BCUT2D eigenvalue weighted by atomic mass is 32.2. The molecular formula is C28H32FNO5S. The van der Waals surface area contributed by atoms with Gasteiger partial charge in [0, 0.05) is 22.7 Å². The number of sulfone groups is 1. The van der Waals surface area contributed by atoms with E-state index in [-0.39, 0.29) is 34.9 Å². The summed E-state index contributed by atoms with van der Waals surface area (Å²) < 4.78 is 40.8. The molecule has 1 aliphatic carbocycles. The third-order valence-electron chi connectivity index (χ3n) is 8.13. The molecule has 2 aromatic carbocycles. The van der Waals surface area contributed by atoms with Crippen molar-refractivity contribution in [2.24, 2.45) is 11.8 Å². The Bertz CT molecular complexity index is 1410. The molecule has 2 fully saturated rings. The molecule has 2 heterocycles. The van der Waals surface area contributed by atoms with E-state index in [9.17, 15) is 27.8 Å². The predicted octanol–water partition coefficient (Wildman–Crippen LogP) is 5.51. The minimum absolute atomic E-state index is 0.0128. The molecule has 1 aliphatic heterocycles. The van der Waals surface area contributed by atoms with Gasteiger partial charge >= 0.3 is 5.97 Å². The van der Waals surface area contributed by atoms with Crippen molar-refractivity contribution in [1.29, 1.82) is 0 Å². The Morgan fingerprint density at radius 1 is 1.03 bits per heavy atom. The number of aliphatic carboxylic acids is 1. The zero-order chi connectivity index (χ0) is 25.6. The van der Waals surface area contributed by atoms with E-state index in [1.54, 1.807) is 25.1 Å². The van der Waals surface area contributed by atoms with Gasteiger partial charge < -0.3 is 14.8 Å². The fourth-order valence-electron chi connectivity index (χ4n) is 6.12. The number of rotatable bonds is 5. The molecule has 6 nitrogen and oxygen atoms in total. The highest BCUT2D eigenvalue weighted by Crippen LogP contribution is 2.43. The topological polar surface area (TPSA) is 96.6 Å². The summed E-state index contributed by atoms with van der Waals surface area (Å²) in [7, 11) is -3.06. The maximum Gasteiger partial charge on any atom is 0.306 e. The van der Waals surface area contributed by atoms with Gasteiger partial charge in [0.2, 0.25) is 0 Å². The number of phenolic OH excluding ortho intramolecular Hbond substituents is 1. The molecule has 0 unspecified atom stereocenters. The van der Waals surface area contributed by atoms with Crippen molar-refractivity contribution in [3.63, 3.8) is 0 Å². The lowest BCUT2D eigenvalue weighted by atomic mass is 9.78. The highest BCUT2D eigenvalue weighted by Gasteiger charge is 2.33. The maximum absolute atomic E-state index is 14.2. The summed E-state index contributed by atoms with van der Waals surface area (Å²) in [4.78, 5) is 11.4. The molecule has 1 saturated carbocycles. The fraction of sp³-hybridized carbons (Fsp3) is 0.464. The van der Waals surface area contributed by atoms with Crippen LogP contribution in [0.25, 0.3) is 16.6 Å². The number of hydrogen-bond acceptors (Lipinski definition) is 4. The van der Waals surface area contributed by atoms with E-state index in [0.29, 0.717) is 37.2 Å². The van der Waals surface area contributed by atoms with Crippen molar-refractivity contribution in [3.05, 3.63) is 59.0 Å². The first-order valence-corrected chi connectivity index (χ1v) is 14.5. The number of phenols is 1. The van der Waals surface area contributed by atoms with Gasteiger partial charge in [-0.25, -0.2) is 12.8 Å². The number of carbonyl (C=O) groups is 1. The van der Waals surface area contributed by atoms with Crippen LogP contribution < -0.4 is 0 Å². The Balaban J connectivity index is 1.65. The summed E-state index contributed by atoms with van der Waals surface area (Å²) in [6.07, 6.45) is 4.70. The molecule has 2 N–H and O–H groups in total. The molecule has 0 bridgehead atoms. The number of carboxylic acids is 1. The summed E-state index contributed by atoms with van der Waals surface area (Å²) >= 11 is 0. The van der Waals surface area contributed by atoms with Crippen molar-refractivity contribution < 1.29 is 27.8 Å². The summed E-state index contributed by atoms with van der Waals surface area (Å²) in [6, 6.07) is 10.3. The minimum atomic E-state index is -3.06. The number of benzene rings is 2. The molecule has 192 valence electrons. The first-order chi connectivity index (χ1) is 17.1. The third-order valence-corrected chi connectivity index (χ3v) is 9.84. The average molecular weight is 514 g/mol. The number of aromatic nitrogens is 1. The van der Waals surface area contributed by atoms with Gasteiger partial charge in [-0.2, -0.15) is 0 Å². The molecule has 36 heavy (non-hydrogen) atoms. The second-order valence-electron chi connectivity index (χ2n) is 10.5. The molecule has 1 saturated heterocycles. The number of carboxylic acid groups (broad SMARTS) is 1. The Morgan fingerprint density at radius 2 is 1.72 bits per heavy atom. The quantitative estimate of drug-likeness (QED) is 0.469. The SMILES string of the molecule is Cc1cc(-n2c(C3CCS(=O)(=O)CC3)c(C[C@H]3CC[C@H](C(=O)O)CC3)c3cc(O)ccc32)ccc1F. The van der Waals surface area contributed by atoms with Gasteiger partial charge in [-0.1, -0.05) is 0 Å². The number of nitrogens with zero attached hydrogens (tertiary/aromatic N) is 1. The van der Waals surface area contributed by atoms with E-state index >= 15 is 0 Å². The monoisotopic (exact) mass is 513 g/mol. The van der Waals surface area contributed by atoms with Gasteiger partial charge in [0.25, 0.3) is 0 Å². The van der Waals surface area contributed by atoms with Crippen molar-refractivity contribution in [3.8, 4) is 11.4 Å². The van der Waals surface area contributed by atoms with Crippen LogP contribution in [0.5, 0.6) is 5.75 Å². The molecule has 8 heteroatoms. The molecule has 0 radical (unpaired) electrons. The Morgan fingerprint density at radius 3 is 2.36 bits per heavy atom. The van der Waals surface area contributed by atoms with Crippen LogP contribution in [0.4, 0.5) is 4.39 Å². The van der Waals surface area contributed by atoms with E-state index in [4.69, 9.17) is 0 Å². The minimum Gasteiger partial charge on any atom is -0.508 e. The van der Waals surface area contributed by atoms with Gasteiger partial charge in [0.15, 0.2) is 0 Å². The molecule has 0 spiro atoms. The Kier molecular flexibility index (Phi) is 6.57. The van der Waals surface area contributed by atoms with Gasteiger partial charge in [-0.15, -0.1) is 0 Å². The molecule has 1 aromatic heterocycles. The lowest BCUT2D eigenvalue weighted by molar-refractivity contribution is -0.143. The van der Waals surface area contributed by atoms with E-state index in [0.717, 1.165) is 47.1 Å². The lowest BCUT2D eigenvalue weighted by Crippen LogP contribution is -2.25. The summed E-state index contributed by atoms with van der Waals surface area (Å²) in [6.45, 7) is 1.73. The second-order valence-corrected chi connectivity index (χ2v) is 12.8. The van der Waals surface area contributed by atoms with Crippen LogP contribution in [0.1, 0.15) is 61.3 Å². The number of fused-ring (bicyclic) bond motifs is 1. The van der Waals surface area contributed by atoms with Gasteiger partial charge in [-0.05, 0) is 105 Å². The highest BCUT2D eigenvalue weighted by molar-refractivity contribution is 7.91. The van der Waals surface area contributed by atoms with Crippen LogP contribution in [0.3, 0.4) is 0 Å². The molecule has 3 aromatic rings. The molecule has 0 amide bonds. The molecule has 5 rings (SSSR count). The molecule has 2 aliphatic rings. The first kappa shape index (κ1) is 24.8. The maximum atomic E-state index is 14.2. The van der Waals surface area contributed by atoms with Crippen molar-refractivity contribution in [2.75, 3.05) is 11.5 Å². The number of aryl methyl sites for hydroxylation is 1. The number of halogens is 1. The van der Waals surface area contributed by atoms with E-state index in [1.807, 2.05) is 12.1 Å². The summed E-state index contributed by atoms with van der Waals surface area (Å²) in [5.41, 5.74) is 4.37. The van der Waals surface area contributed by atoms with Crippen LogP contribution >= 0.6 is 0 Å². The van der Waals surface area contributed by atoms with E-state index in [2.05, 4.69) is 4.57 Å². The van der Waals surface area contributed by atoms with Crippen molar-refractivity contribution in [2.45, 2.75) is 57.8 Å². The van der Waals surface area contributed by atoms with Crippen LogP contribution in [0, 0.1) is 24.6 Å². The summed E-state index contributed by atoms with van der Waals surface area (Å²) in [5.74, 6) is -0.562. The molecular weight excluding hydrogens is 481 g/mol. The van der Waals surface area contributed by atoms with Crippen LogP contribution in [0.2, 0.25) is 0 Å². The van der Waals surface area contributed by atoms with Crippen LogP contribution in [0.15, 0.2) is 36.4 Å². The Labute approximate surface area is 210 Å². The zero-order valence-electron chi connectivity index (χ0n) is 20.4. The normalized spacial score (nSPS) is 22.6. The van der Waals surface area contributed by atoms with Crippen LogP contribution in [-0.2, 0) is 21.1 Å². The smallest absolute Gasteiger partial charge is 0.306 e.